The van der Waals surface area contributed by atoms with E-state index in [4.69, 9.17) is 16.3 Å². The smallest absolute Gasteiger partial charge is 0.165 e. The Morgan fingerprint density at radius 2 is 2.13 bits per heavy atom. The van der Waals surface area contributed by atoms with E-state index >= 15 is 0 Å². The zero-order valence-electron chi connectivity index (χ0n) is 12.2. The molecule has 2 aromatic carbocycles. The number of ether oxygens (including phenoxy) is 1. The van der Waals surface area contributed by atoms with Crippen molar-refractivity contribution in [1.29, 1.82) is 0 Å². The Morgan fingerprint density at radius 3 is 2.91 bits per heavy atom. The van der Waals surface area contributed by atoms with Crippen molar-refractivity contribution >= 4 is 34.0 Å². The molecule has 0 saturated heterocycles. The molecular formula is C16H13ClFN3O2. The van der Waals surface area contributed by atoms with E-state index in [0.717, 1.165) is 0 Å². The topological polar surface area (TPSA) is 67.3 Å². The maximum absolute atomic E-state index is 14.0. The van der Waals surface area contributed by atoms with Gasteiger partial charge in [0.25, 0.3) is 0 Å². The zero-order valence-corrected chi connectivity index (χ0v) is 12.9. The van der Waals surface area contributed by atoms with Crippen molar-refractivity contribution in [3.05, 3.63) is 47.5 Å². The van der Waals surface area contributed by atoms with E-state index in [0.29, 0.717) is 29.1 Å². The summed E-state index contributed by atoms with van der Waals surface area (Å²) >= 11 is 5.77. The van der Waals surface area contributed by atoms with Crippen LogP contribution in [0.5, 0.6) is 11.5 Å². The molecule has 5 nitrogen and oxygen atoms in total. The number of phenols is 1. The summed E-state index contributed by atoms with van der Waals surface area (Å²) in [4.78, 5) is 8.25. The normalized spacial score (nSPS) is 10.7. The van der Waals surface area contributed by atoms with Crippen LogP contribution in [0.15, 0.2) is 36.7 Å². The number of hydrogen-bond acceptors (Lipinski definition) is 5. The van der Waals surface area contributed by atoms with E-state index < -0.39 is 5.82 Å². The van der Waals surface area contributed by atoms with Crippen LogP contribution < -0.4 is 10.1 Å². The van der Waals surface area contributed by atoms with E-state index in [1.807, 2.05) is 6.92 Å². The first-order valence-corrected chi connectivity index (χ1v) is 7.29. The fourth-order valence-electron chi connectivity index (χ4n) is 2.17. The summed E-state index contributed by atoms with van der Waals surface area (Å²) in [6, 6.07) is 7.71. The van der Waals surface area contributed by atoms with Crippen molar-refractivity contribution < 1.29 is 14.2 Å². The number of anilines is 2. The molecule has 2 N–H and O–H groups in total. The van der Waals surface area contributed by atoms with Gasteiger partial charge in [0.15, 0.2) is 17.3 Å². The van der Waals surface area contributed by atoms with Crippen molar-refractivity contribution in [2.45, 2.75) is 6.92 Å². The number of fused-ring (bicyclic) bond motifs is 1. The number of aromatic nitrogens is 2. The number of rotatable bonds is 4. The number of halogens is 2. The van der Waals surface area contributed by atoms with E-state index in [-0.39, 0.29) is 16.5 Å². The van der Waals surface area contributed by atoms with Crippen molar-refractivity contribution in [3.8, 4) is 11.5 Å². The number of aromatic hydroxyl groups is 1. The van der Waals surface area contributed by atoms with Crippen LogP contribution in [-0.2, 0) is 0 Å². The summed E-state index contributed by atoms with van der Waals surface area (Å²) < 4.78 is 19.4. The number of hydrogen-bond donors (Lipinski definition) is 2. The Balaban J connectivity index is 2.07. The fourth-order valence-corrected chi connectivity index (χ4v) is 2.35. The van der Waals surface area contributed by atoms with Crippen LogP contribution in [0.25, 0.3) is 10.9 Å². The molecule has 0 aliphatic carbocycles. The average molecular weight is 334 g/mol. The van der Waals surface area contributed by atoms with Gasteiger partial charge in [0.2, 0.25) is 0 Å². The van der Waals surface area contributed by atoms with Gasteiger partial charge in [-0.1, -0.05) is 17.7 Å². The molecule has 118 valence electrons. The van der Waals surface area contributed by atoms with Gasteiger partial charge in [0.05, 0.1) is 22.8 Å². The van der Waals surface area contributed by atoms with E-state index in [2.05, 4.69) is 15.3 Å². The molecule has 0 radical (unpaired) electrons. The van der Waals surface area contributed by atoms with Gasteiger partial charge in [-0.2, -0.15) is 0 Å². The molecule has 0 aliphatic rings. The van der Waals surface area contributed by atoms with Gasteiger partial charge in [-0.15, -0.1) is 0 Å². The average Bonchev–Trinajstić information content (AvgIpc) is 2.53. The standard InChI is InChI=1S/C16H13ClFN3O2/c1-2-23-14-7-12-9(6-13(14)22)16(20-8-19-12)21-11-5-3-4-10(17)15(11)18/h3-8,22H,2H2,1H3,(H,19,20,21). The minimum atomic E-state index is -0.573. The van der Waals surface area contributed by atoms with Crippen LogP contribution in [0.4, 0.5) is 15.9 Å². The third-order valence-corrected chi connectivity index (χ3v) is 3.51. The minimum absolute atomic E-state index is 0.00911. The van der Waals surface area contributed by atoms with Crippen LogP contribution in [-0.4, -0.2) is 21.7 Å². The Kier molecular flexibility index (Phi) is 4.16. The fraction of sp³-hybridized carbons (Fsp3) is 0.125. The molecule has 0 amide bonds. The highest BCUT2D eigenvalue weighted by atomic mass is 35.5. The molecule has 1 heterocycles. The largest absolute Gasteiger partial charge is 0.504 e. The SMILES string of the molecule is CCOc1cc2ncnc(Nc3cccc(Cl)c3F)c2cc1O. The second-order valence-electron chi connectivity index (χ2n) is 4.72. The first kappa shape index (κ1) is 15.3. The van der Waals surface area contributed by atoms with Gasteiger partial charge in [0, 0.05) is 11.5 Å². The van der Waals surface area contributed by atoms with Crippen molar-refractivity contribution in [2.75, 3.05) is 11.9 Å². The number of benzene rings is 2. The number of nitrogens with one attached hydrogen (secondary N) is 1. The lowest BCUT2D eigenvalue weighted by atomic mass is 10.2. The predicted molar refractivity (Wildman–Crippen MR) is 87.1 cm³/mol. The van der Waals surface area contributed by atoms with Gasteiger partial charge < -0.3 is 15.2 Å². The van der Waals surface area contributed by atoms with Crippen molar-refractivity contribution in [1.82, 2.24) is 9.97 Å². The number of phenolic OH excluding ortho intramolecular Hbond substituents is 1. The Hall–Kier alpha value is -2.60. The first-order chi connectivity index (χ1) is 11.1. The summed E-state index contributed by atoms with van der Waals surface area (Å²) in [6.07, 6.45) is 1.35. The van der Waals surface area contributed by atoms with Crippen LogP contribution in [0.3, 0.4) is 0 Å². The second kappa shape index (κ2) is 6.26. The summed E-state index contributed by atoms with van der Waals surface area (Å²) in [5, 5.41) is 13.4. The van der Waals surface area contributed by atoms with Crippen LogP contribution in [0.2, 0.25) is 5.02 Å². The molecule has 0 fully saturated rings. The predicted octanol–water partition coefficient (Wildman–Crippen LogP) is 4.27. The summed E-state index contributed by atoms with van der Waals surface area (Å²) in [7, 11) is 0. The molecular weight excluding hydrogens is 321 g/mol. The van der Waals surface area contributed by atoms with Gasteiger partial charge in [0.1, 0.15) is 12.1 Å². The molecule has 1 aromatic heterocycles. The van der Waals surface area contributed by atoms with Crippen LogP contribution in [0, 0.1) is 5.82 Å². The highest BCUT2D eigenvalue weighted by molar-refractivity contribution is 6.31. The third kappa shape index (κ3) is 2.98. The van der Waals surface area contributed by atoms with Crippen LogP contribution >= 0.6 is 11.6 Å². The number of nitrogens with zero attached hydrogens (tertiary/aromatic N) is 2. The van der Waals surface area contributed by atoms with Crippen LogP contribution in [0.1, 0.15) is 6.92 Å². The summed E-state index contributed by atoms with van der Waals surface area (Å²) in [6.45, 7) is 2.24. The second-order valence-corrected chi connectivity index (χ2v) is 5.13. The third-order valence-electron chi connectivity index (χ3n) is 3.22. The van der Waals surface area contributed by atoms with Gasteiger partial charge >= 0.3 is 0 Å². The van der Waals surface area contributed by atoms with Gasteiger partial charge in [-0.25, -0.2) is 14.4 Å². The zero-order chi connectivity index (χ0) is 16.4. The quantitative estimate of drug-likeness (QED) is 0.746. The molecule has 0 unspecified atom stereocenters. The minimum Gasteiger partial charge on any atom is -0.504 e. The molecule has 0 bridgehead atoms. The molecule has 0 saturated carbocycles. The highest BCUT2D eigenvalue weighted by Gasteiger charge is 2.12. The molecule has 3 rings (SSSR count). The maximum Gasteiger partial charge on any atom is 0.165 e. The van der Waals surface area contributed by atoms with E-state index in [9.17, 15) is 9.50 Å². The molecule has 0 spiro atoms. The van der Waals surface area contributed by atoms with Gasteiger partial charge in [-0.3, -0.25) is 0 Å². The van der Waals surface area contributed by atoms with E-state index in [1.54, 1.807) is 18.2 Å². The van der Waals surface area contributed by atoms with E-state index in [1.165, 1.54) is 18.5 Å². The lowest BCUT2D eigenvalue weighted by Gasteiger charge is -2.12. The Morgan fingerprint density at radius 1 is 1.30 bits per heavy atom. The Labute approximate surface area is 136 Å². The van der Waals surface area contributed by atoms with Gasteiger partial charge in [-0.05, 0) is 25.1 Å². The summed E-state index contributed by atoms with van der Waals surface area (Å²) in [5.41, 5.74) is 0.747. The van der Waals surface area contributed by atoms with Crippen molar-refractivity contribution in [3.63, 3.8) is 0 Å². The highest BCUT2D eigenvalue weighted by Crippen LogP contribution is 2.34. The lowest BCUT2D eigenvalue weighted by Crippen LogP contribution is -1.99. The molecule has 23 heavy (non-hydrogen) atoms. The monoisotopic (exact) mass is 333 g/mol. The first-order valence-electron chi connectivity index (χ1n) is 6.91. The molecule has 0 atom stereocenters. The molecule has 7 heteroatoms. The summed E-state index contributed by atoms with van der Waals surface area (Å²) in [5.74, 6) is 0.0768. The lowest BCUT2D eigenvalue weighted by molar-refractivity contribution is 0.319. The maximum atomic E-state index is 14.0. The molecule has 3 aromatic rings. The Bertz CT molecular complexity index is 873. The molecule has 0 aliphatic heterocycles. The van der Waals surface area contributed by atoms with Crippen molar-refractivity contribution in [2.24, 2.45) is 0 Å².